The third-order valence-electron chi connectivity index (χ3n) is 3.45. The lowest BCUT2D eigenvalue weighted by Crippen LogP contribution is -3.08. The number of benzene rings is 2. The van der Waals surface area contributed by atoms with Crippen LogP contribution in [-0.2, 0) is 11.3 Å². The predicted octanol–water partition coefficient (Wildman–Crippen LogP) is 0.700. The molecule has 120 valence electrons. The molecular weight excluding hydrogens is 290 g/mol. The summed E-state index contributed by atoms with van der Waals surface area (Å²) in [6.07, 6.45) is 0. The number of anilines is 1. The Morgan fingerprint density at radius 3 is 2.48 bits per heavy atom. The van der Waals surface area contributed by atoms with Crippen LogP contribution in [0.5, 0.6) is 0 Å². The van der Waals surface area contributed by atoms with Crippen molar-refractivity contribution in [3.63, 3.8) is 0 Å². The molecule has 0 saturated heterocycles. The molecule has 1 unspecified atom stereocenters. The fraction of sp³-hybridized carbons (Fsp3) is 0.222. The molecule has 0 aliphatic carbocycles. The van der Waals surface area contributed by atoms with Crippen LogP contribution in [0.2, 0.25) is 0 Å². The smallest absolute Gasteiger partial charge is 0.279 e. The van der Waals surface area contributed by atoms with Crippen LogP contribution in [0.3, 0.4) is 0 Å². The Bertz CT molecular complexity index is 671. The van der Waals surface area contributed by atoms with Crippen molar-refractivity contribution in [3.8, 4) is 0 Å². The van der Waals surface area contributed by atoms with Crippen molar-refractivity contribution in [2.45, 2.75) is 6.54 Å². The average molecular weight is 312 g/mol. The quantitative estimate of drug-likeness (QED) is 0.735. The molecular formula is C18H22N3O2+. The number of rotatable bonds is 6. The lowest BCUT2D eigenvalue weighted by molar-refractivity contribution is -0.885. The Morgan fingerprint density at radius 2 is 1.78 bits per heavy atom. The van der Waals surface area contributed by atoms with Gasteiger partial charge in [0.05, 0.1) is 7.05 Å². The summed E-state index contributed by atoms with van der Waals surface area (Å²) >= 11 is 0. The first-order valence-corrected chi connectivity index (χ1v) is 7.55. The first kappa shape index (κ1) is 16.7. The van der Waals surface area contributed by atoms with Crippen LogP contribution in [0.1, 0.15) is 15.9 Å². The second kappa shape index (κ2) is 8.10. The lowest BCUT2D eigenvalue weighted by Gasteiger charge is -2.14. The summed E-state index contributed by atoms with van der Waals surface area (Å²) in [5.41, 5.74) is 2.35. The summed E-state index contributed by atoms with van der Waals surface area (Å²) in [6.45, 7) is 1.14. The highest BCUT2D eigenvalue weighted by Gasteiger charge is 2.11. The zero-order valence-electron chi connectivity index (χ0n) is 13.4. The van der Waals surface area contributed by atoms with E-state index < -0.39 is 0 Å². The minimum Gasteiger partial charge on any atom is -0.355 e. The van der Waals surface area contributed by atoms with E-state index in [1.165, 1.54) is 5.56 Å². The zero-order chi connectivity index (χ0) is 16.7. The molecule has 5 heteroatoms. The molecule has 2 aromatic rings. The van der Waals surface area contributed by atoms with Gasteiger partial charge in [-0.2, -0.15) is 0 Å². The summed E-state index contributed by atoms with van der Waals surface area (Å²) in [5, 5.41) is 5.40. The standard InChI is InChI=1S/C18H21N3O2/c1-19-18(23)15-9-6-10-16(11-15)20-17(22)13-21(2)12-14-7-4-3-5-8-14/h3-11H,12-13H2,1-2H3,(H,19,23)(H,20,22)/p+1. The summed E-state index contributed by atoms with van der Waals surface area (Å²) in [5.74, 6) is -0.250. The molecule has 0 heterocycles. The third-order valence-corrected chi connectivity index (χ3v) is 3.45. The molecule has 0 bridgehead atoms. The van der Waals surface area contributed by atoms with Gasteiger partial charge >= 0.3 is 0 Å². The normalized spacial score (nSPS) is 11.6. The Balaban J connectivity index is 1.90. The molecule has 5 nitrogen and oxygen atoms in total. The van der Waals surface area contributed by atoms with E-state index in [4.69, 9.17) is 0 Å². The zero-order valence-corrected chi connectivity index (χ0v) is 13.4. The van der Waals surface area contributed by atoms with E-state index in [0.29, 0.717) is 17.8 Å². The number of carbonyl (C=O) groups excluding carboxylic acids is 2. The van der Waals surface area contributed by atoms with Gasteiger partial charge in [-0.15, -0.1) is 0 Å². The summed E-state index contributed by atoms with van der Waals surface area (Å²) in [7, 11) is 3.56. The van der Waals surface area contributed by atoms with Crippen molar-refractivity contribution in [2.75, 3.05) is 26.0 Å². The number of nitrogens with one attached hydrogen (secondary N) is 3. The van der Waals surface area contributed by atoms with Gasteiger partial charge in [-0.1, -0.05) is 36.4 Å². The van der Waals surface area contributed by atoms with Crippen LogP contribution in [0.25, 0.3) is 0 Å². The highest BCUT2D eigenvalue weighted by atomic mass is 16.2. The van der Waals surface area contributed by atoms with Crippen molar-refractivity contribution in [1.29, 1.82) is 0 Å². The number of quaternary nitrogens is 1. The maximum Gasteiger partial charge on any atom is 0.279 e. The summed E-state index contributed by atoms with van der Waals surface area (Å²) < 4.78 is 0. The van der Waals surface area contributed by atoms with Crippen LogP contribution < -0.4 is 15.5 Å². The fourth-order valence-corrected chi connectivity index (χ4v) is 2.37. The number of hydrogen-bond donors (Lipinski definition) is 3. The first-order valence-electron chi connectivity index (χ1n) is 7.55. The molecule has 23 heavy (non-hydrogen) atoms. The number of carbonyl (C=O) groups is 2. The van der Waals surface area contributed by atoms with Gasteiger partial charge in [0.2, 0.25) is 0 Å². The van der Waals surface area contributed by atoms with Crippen LogP contribution in [-0.4, -0.2) is 32.5 Å². The van der Waals surface area contributed by atoms with E-state index in [0.717, 1.165) is 11.4 Å². The topological polar surface area (TPSA) is 62.6 Å². The van der Waals surface area contributed by atoms with E-state index in [1.807, 2.05) is 37.4 Å². The van der Waals surface area contributed by atoms with Crippen LogP contribution in [0.4, 0.5) is 5.69 Å². The SMILES string of the molecule is CNC(=O)c1cccc(NC(=O)C[NH+](C)Cc2ccccc2)c1. The molecule has 0 spiro atoms. The van der Waals surface area contributed by atoms with Gasteiger partial charge in [-0.25, -0.2) is 0 Å². The first-order chi connectivity index (χ1) is 11.1. The van der Waals surface area contributed by atoms with Crippen LogP contribution >= 0.6 is 0 Å². The molecule has 2 rings (SSSR count). The number of amides is 2. The highest BCUT2D eigenvalue weighted by molar-refractivity contribution is 5.97. The maximum atomic E-state index is 12.1. The van der Waals surface area contributed by atoms with E-state index in [1.54, 1.807) is 31.3 Å². The summed E-state index contributed by atoms with van der Waals surface area (Å²) in [4.78, 5) is 24.8. The van der Waals surface area contributed by atoms with Gasteiger partial charge in [0, 0.05) is 23.9 Å². The fourth-order valence-electron chi connectivity index (χ4n) is 2.37. The van der Waals surface area contributed by atoms with Crippen molar-refractivity contribution >= 4 is 17.5 Å². The van der Waals surface area contributed by atoms with Gasteiger partial charge in [-0.3, -0.25) is 9.59 Å². The van der Waals surface area contributed by atoms with Crippen LogP contribution in [0, 0.1) is 0 Å². The Hall–Kier alpha value is -2.66. The molecule has 2 amide bonds. The van der Waals surface area contributed by atoms with E-state index in [9.17, 15) is 9.59 Å². The Kier molecular flexibility index (Phi) is 5.88. The van der Waals surface area contributed by atoms with Crippen LogP contribution in [0.15, 0.2) is 54.6 Å². The Morgan fingerprint density at radius 1 is 1.04 bits per heavy atom. The van der Waals surface area contributed by atoms with Gasteiger partial charge in [-0.05, 0) is 18.2 Å². The molecule has 3 N–H and O–H groups in total. The van der Waals surface area contributed by atoms with E-state index in [-0.39, 0.29) is 11.8 Å². The number of likely N-dealkylation sites (N-methyl/N-ethyl adjacent to an activating group) is 1. The van der Waals surface area contributed by atoms with Crippen molar-refractivity contribution in [3.05, 3.63) is 65.7 Å². The Labute approximate surface area is 136 Å². The van der Waals surface area contributed by atoms with Gasteiger partial charge in [0.1, 0.15) is 6.54 Å². The summed E-state index contributed by atoms with van der Waals surface area (Å²) in [6, 6.07) is 17.0. The molecule has 0 saturated carbocycles. The molecule has 0 fully saturated rings. The lowest BCUT2D eigenvalue weighted by atomic mass is 10.2. The van der Waals surface area contributed by atoms with E-state index in [2.05, 4.69) is 10.6 Å². The molecule has 0 aliphatic heterocycles. The van der Waals surface area contributed by atoms with Crippen molar-refractivity contribution in [1.82, 2.24) is 5.32 Å². The maximum absolute atomic E-state index is 12.1. The molecule has 0 aromatic heterocycles. The largest absolute Gasteiger partial charge is 0.355 e. The third kappa shape index (κ3) is 5.23. The predicted molar refractivity (Wildman–Crippen MR) is 90.4 cm³/mol. The van der Waals surface area contributed by atoms with Crippen molar-refractivity contribution in [2.24, 2.45) is 0 Å². The monoisotopic (exact) mass is 312 g/mol. The minimum atomic E-state index is -0.173. The van der Waals surface area contributed by atoms with Gasteiger partial charge in [0.25, 0.3) is 11.8 Å². The van der Waals surface area contributed by atoms with Crippen molar-refractivity contribution < 1.29 is 14.5 Å². The number of hydrogen-bond acceptors (Lipinski definition) is 2. The molecule has 2 aromatic carbocycles. The second-order valence-electron chi connectivity index (χ2n) is 5.50. The van der Waals surface area contributed by atoms with Gasteiger partial charge < -0.3 is 15.5 Å². The highest BCUT2D eigenvalue weighted by Crippen LogP contribution is 2.10. The van der Waals surface area contributed by atoms with E-state index >= 15 is 0 Å². The van der Waals surface area contributed by atoms with Gasteiger partial charge in [0.15, 0.2) is 6.54 Å². The minimum absolute atomic E-state index is 0.0764. The second-order valence-corrected chi connectivity index (χ2v) is 5.50. The molecule has 0 radical (unpaired) electrons. The molecule has 1 atom stereocenters. The molecule has 0 aliphatic rings. The average Bonchev–Trinajstić information content (AvgIpc) is 2.55.